The smallest absolute Gasteiger partial charge is 0.224 e. The van der Waals surface area contributed by atoms with Gasteiger partial charge < -0.3 is 9.32 Å². The van der Waals surface area contributed by atoms with Gasteiger partial charge >= 0.3 is 0 Å². The van der Waals surface area contributed by atoms with Crippen LogP contribution in [0.25, 0.3) is 0 Å². The summed E-state index contributed by atoms with van der Waals surface area (Å²) in [6, 6.07) is 11.5. The van der Waals surface area contributed by atoms with Gasteiger partial charge in [0.15, 0.2) is 0 Å². The van der Waals surface area contributed by atoms with Crippen LogP contribution in [0.1, 0.15) is 23.3 Å². The van der Waals surface area contributed by atoms with Crippen molar-refractivity contribution >= 4 is 15.9 Å². The number of carbonyl (C=O) groups is 1. The van der Waals surface area contributed by atoms with E-state index < -0.39 is 10.0 Å². The van der Waals surface area contributed by atoms with Gasteiger partial charge in [-0.25, -0.2) is 8.42 Å². The minimum atomic E-state index is -3.41. The van der Waals surface area contributed by atoms with Crippen LogP contribution in [0, 0.1) is 0 Å². The number of amides is 1. The van der Waals surface area contributed by atoms with Gasteiger partial charge in [-0.1, -0.05) is 24.3 Å². The number of fused-ring (bicyclic) bond motifs is 1. The average molecular weight is 362 g/mol. The van der Waals surface area contributed by atoms with E-state index in [1.807, 2.05) is 18.2 Å². The second-order valence-corrected chi connectivity index (χ2v) is 8.24. The second-order valence-electron chi connectivity index (χ2n) is 6.26. The zero-order valence-corrected chi connectivity index (χ0v) is 15.0. The highest BCUT2D eigenvalue weighted by molar-refractivity contribution is 7.88. The Balaban J connectivity index is 1.60. The first-order valence-electron chi connectivity index (χ1n) is 8.25. The van der Waals surface area contributed by atoms with Crippen LogP contribution in [0.4, 0.5) is 0 Å². The van der Waals surface area contributed by atoms with Crippen LogP contribution < -0.4 is 0 Å². The number of hydrogen-bond donors (Lipinski definition) is 0. The SMILES string of the molecule is CS(=O)(=O)N(CCC(=O)N1CCc2ccccc2C1)Cc1ccco1. The molecule has 0 bridgehead atoms. The summed E-state index contributed by atoms with van der Waals surface area (Å²) in [5.41, 5.74) is 2.44. The standard InChI is InChI=1S/C18H22N2O4S/c1-25(22,23)20(14-17-7-4-12-24-17)11-9-18(21)19-10-8-15-5-2-3-6-16(15)13-19/h2-7,12H,8-11,13-14H2,1H3. The van der Waals surface area contributed by atoms with E-state index in [-0.39, 0.29) is 25.4 Å². The Bertz CT molecular complexity index is 831. The normalized spacial score (nSPS) is 14.6. The van der Waals surface area contributed by atoms with Crippen molar-refractivity contribution in [1.29, 1.82) is 0 Å². The molecule has 0 radical (unpaired) electrons. The molecule has 2 aromatic rings. The third-order valence-electron chi connectivity index (χ3n) is 4.44. The topological polar surface area (TPSA) is 70.8 Å². The molecule has 6 nitrogen and oxygen atoms in total. The summed E-state index contributed by atoms with van der Waals surface area (Å²) in [7, 11) is -3.41. The minimum Gasteiger partial charge on any atom is -0.468 e. The Hall–Kier alpha value is -2.12. The van der Waals surface area contributed by atoms with E-state index >= 15 is 0 Å². The Labute approximate surface area is 148 Å². The van der Waals surface area contributed by atoms with Crippen molar-refractivity contribution in [3.05, 3.63) is 59.5 Å². The van der Waals surface area contributed by atoms with E-state index in [0.717, 1.165) is 18.2 Å². The van der Waals surface area contributed by atoms with Crippen molar-refractivity contribution in [2.75, 3.05) is 19.3 Å². The molecule has 7 heteroatoms. The van der Waals surface area contributed by atoms with Crippen molar-refractivity contribution in [3.63, 3.8) is 0 Å². The average Bonchev–Trinajstić information content (AvgIpc) is 3.10. The third-order valence-corrected chi connectivity index (χ3v) is 5.69. The Morgan fingerprint density at radius 2 is 1.96 bits per heavy atom. The molecule has 2 heterocycles. The lowest BCUT2D eigenvalue weighted by atomic mass is 10.00. The molecule has 0 fully saturated rings. The molecule has 0 aliphatic carbocycles. The lowest BCUT2D eigenvalue weighted by Crippen LogP contribution is -2.39. The van der Waals surface area contributed by atoms with Crippen molar-refractivity contribution in [1.82, 2.24) is 9.21 Å². The van der Waals surface area contributed by atoms with E-state index in [9.17, 15) is 13.2 Å². The van der Waals surface area contributed by atoms with Gasteiger partial charge in [0.2, 0.25) is 15.9 Å². The molecule has 0 unspecified atom stereocenters. The van der Waals surface area contributed by atoms with Gasteiger partial charge in [0, 0.05) is 26.1 Å². The number of carbonyl (C=O) groups excluding carboxylic acids is 1. The molecule has 1 amide bonds. The number of hydrogen-bond acceptors (Lipinski definition) is 4. The van der Waals surface area contributed by atoms with Crippen LogP contribution in [0.5, 0.6) is 0 Å². The minimum absolute atomic E-state index is 0.0254. The molecule has 0 spiro atoms. The monoisotopic (exact) mass is 362 g/mol. The molecule has 134 valence electrons. The van der Waals surface area contributed by atoms with Crippen molar-refractivity contribution < 1.29 is 17.6 Å². The van der Waals surface area contributed by atoms with Crippen molar-refractivity contribution in [2.24, 2.45) is 0 Å². The van der Waals surface area contributed by atoms with E-state index in [1.54, 1.807) is 17.0 Å². The first kappa shape index (κ1) is 17.7. The number of sulfonamides is 1. The number of nitrogens with zero attached hydrogens (tertiary/aromatic N) is 2. The molecule has 0 atom stereocenters. The predicted molar refractivity (Wildman–Crippen MR) is 94.1 cm³/mol. The Morgan fingerprint density at radius 3 is 2.64 bits per heavy atom. The van der Waals surface area contributed by atoms with E-state index in [0.29, 0.717) is 18.8 Å². The van der Waals surface area contributed by atoms with Crippen LogP contribution in [-0.4, -0.2) is 42.9 Å². The van der Waals surface area contributed by atoms with Crippen LogP contribution in [0.3, 0.4) is 0 Å². The number of rotatable bonds is 6. The van der Waals surface area contributed by atoms with Gasteiger partial charge in [-0.2, -0.15) is 4.31 Å². The van der Waals surface area contributed by atoms with Crippen LogP contribution >= 0.6 is 0 Å². The molecule has 0 saturated carbocycles. The maximum atomic E-state index is 12.5. The quantitative estimate of drug-likeness (QED) is 0.788. The first-order chi connectivity index (χ1) is 11.9. The van der Waals surface area contributed by atoms with Gasteiger partial charge in [0.05, 0.1) is 19.1 Å². The molecular formula is C18H22N2O4S. The second kappa shape index (κ2) is 7.41. The van der Waals surface area contributed by atoms with Crippen molar-refractivity contribution in [2.45, 2.75) is 25.9 Å². The lowest BCUT2D eigenvalue weighted by Gasteiger charge is -2.29. The molecule has 1 aromatic carbocycles. The summed E-state index contributed by atoms with van der Waals surface area (Å²) in [6.07, 6.45) is 3.66. The zero-order valence-electron chi connectivity index (χ0n) is 14.2. The van der Waals surface area contributed by atoms with Gasteiger partial charge in [-0.05, 0) is 29.7 Å². The van der Waals surface area contributed by atoms with Gasteiger partial charge in [-0.15, -0.1) is 0 Å². The maximum absolute atomic E-state index is 12.5. The molecule has 0 saturated heterocycles. The maximum Gasteiger partial charge on any atom is 0.224 e. The molecule has 1 aliphatic heterocycles. The molecule has 1 aliphatic rings. The van der Waals surface area contributed by atoms with Crippen LogP contribution in [0.2, 0.25) is 0 Å². The fraction of sp³-hybridized carbons (Fsp3) is 0.389. The van der Waals surface area contributed by atoms with Crippen molar-refractivity contribution in [3.8, 4) is 0 Å². The van der Waals surface area contributed by atoms with Gasteiger partial charge in [-0.3, -0.25) is 4.79 Å². The van der Waals surface area contributed by atoms with Gasteiger partial charge in [0.25, 0.3) is 0 Å². The summed E-state index contributed by atoms with van der Waals surface area (Å²) < 4.78 is 30.4. The fourth-order valence-electron chi connectivity index (χ4n) is 3.03. The zero-order chi connectivity index (χ0) is 17.9. The van der Waals surface area contributed by atoms with E-state index in [1.165, 1.54) is 16.1 Å². The first-order valence-corrected chi connectivity index (χ1v) is 10.1. The molecule has 0 N–H and O–H groups in total. The summed E-state index contributed by atoms with van der Waals surface area (Å²) in [6.45, 7) is 1.55. The molecule has 25 heavy (non-hydrogen) atoms. The summed E-state index contributed by atoms with van der Waals surface area (Å²) >= 11 is 0. The van der Waals surface area contributed by atoms with E-state index in [4.69, 9.17) is 4.42 Å². The summed E-state index contributed by atoms with van der Waals surface area (Å²) in [4.78, 5) is 14.3. The third kappa shape index (κ3) is 4.49. The summed E-state index contributed by atoms with van der Waals surface area (Å²) in [5.74, 6) is 0.535. The predicted octanol–water partition coefficient (Wildman–Crippen LogP) is 2.02. The largest absolute Gasteiger partial charge is 0.468 e. The Kier molecular flexibility index (Phi) is 5.24. The highest BCUT2D eigenvalue weighted by Crippen LogP contribution is 2.19. The number of furan rings is 1. The number of benzene rings is 1. The van der Waals surface area contributed by atoms with Crippen LogP contribution in [-0.2, 0) is 34.3 Å². The van der Waals surface area contributed by atoms with Gasteiger partial charge in [0.1, 0.15) is 5.76 Å². The van der Waals surface area contributed by atoms with Crippen LogP contribution in [0.15, 0.2) is 47.1 Å². The lowest BCUT2D eigenvalue weighted by molar-refractivity contribution is -0.132. The molecular weight excluding hydrogens is 340 g/mol. The highest BCUT2D eigenvalue weighted by Gasteiger charge is 2.23. The Morgan fingerprint density at radius 1 is 1.20 bits per heavy atom. The molecule has 3 rings (SSSR count). The van der Waals surface area contributed by atoms with E-state index in [2.05, 4.69) is 6.07 Å². The molecule has 1 aromatic heterocycles. The fourth-order valence-corrected chi connectivity index (χ4v) is 3.81. The summed E-state index contributed by atoms with van der Waals surface area (Å²) in [5, 5.41) is 0. The highest BCUT2D eigenvalue weighted by atomic mass is 32.2.